The number of hydrogen-bond acceptors (Lipinski definition) is 2. The Hall–Kier alpha value is -1.67. The number of aromatic nitrogens is 1. The first-order valence-corrected chi connectivity index (χ1v) is 5.48. The van der Waals surface area contributed by atoms with E-state index in [0.717, 1.165) is 12.1 Å². The molecule has 1 aromatic carbocycles. The Kier molecular flexibility index (Phi) is 3.32. The van der Waals surface area contributed by atoms with Gasteiger partial charge in [-0.25, -0.2) is 0 Å². The van der Waals surface area contributed by atoms with E-state index in [-0.39, 0.29) is 0 Å². The van der Waals surface area contributed by atoms with Gasteiger partial charge in [0.1, 0.15) is 0 Å². The lowest BCUT2D eigenvalue weighted by molar-refractivity contribution is 0.940. The number of nitrogens with zero attached hydrogens (tertiary/aromatic N) is 1. The molecule has 2 aromatic rings. The number of pyridine rings is 1. The molecule has 2 rings (SSSR count). The zero-order chi connectivity index (χ0) is 11.4. The normalized spacial score (nSPS) is 10.4. The first-order valence-electron chi connectivity index (χ1n) is 5.48. The maximum absolute atomic E-state index is 5.69. The standard InChI is InChI=1S/C14H16N2/c1-11-7-13(14(9-15)16-10-11)8-12-5-3-2-4-6-12/h2-7,10H,8-9,15H2,1H3. The lowest BCUT2D eigenvalue weighted by Gasteiger charge is -2.08. The molecule has 2 nitrogen and oxygen atoms in total. The molecule has 0 atom stereocenters. The van der Waals surface area contributed by atoms with E-state index < -0.39 is 0 Å². The highest BCUT2D eigenvalue weighted by atomic mass is 14.7. The molecule has 1 aromatic heterocycles. The average Bonchev–Trinajstić information content (AvgIpc) is 2.31. The van der Waals surface area contributed by atoms with Crippen molar-refractivity contribution >= 4 is 0 Å². The summed E-state index contributed by atoms with van der Waals surface area (Å²) in [5.74, 6) is 0. The molecule has 1 heterocycles. The van der Waals surface area contributed by atoms with Crippen LogP contribution in [0.5, 0.6) is 0 Å². The van der Waals surface area contributed by atoms with Gasteiger partial charge in [0, 0.05) is 12.7 Å². The molecule has 0 unspecified atom stereocenters. The summed E-state index contributed by atoms with van der Waals surface area (Å²) < 4.78 is 0. The molecule has 0 saturated carbocycles. The van der Waals surface area contributed by atoms with Crippen LogP contribution >= 0.6 is 0 Å². The van der Waals surface area contributed by atoms with Gasteiger partial charge >= 0.3 is 0 Å². The van der Waals surface area contributed by atoms with Gasteiger partial charge in [-0.2, -0.15) is 0 Å². The number of hydrogen-bond donors (Lipinski definition) is 1. The molecular formula is C14H16N2. The average molecular weight is 212 g/mol. The van der Waals surface area contributed by atoms with Crippen molar-refractivity contribution in [1.82, 2.24) is 4.98 Å². The molecule has 2 N–H and O–H groups in total. The largest absolute Gasteiger partial charge is 0.325 e. The van der Waals surface area contributed by atoms with E-state index in [1.807, 2.05) is 12.3 Å². The van der Waals surface area contributed by atoms with E-state index in [9.17, 15) is 0 Å². The van der Waals surface area contributed by atoms with Gasteiger partial charge in [-0.15, -0.1) is 0 Å². The molecule has 0 saturated heterocycles. The first kappa shape index (κ1) is 10.8. The van der Waals surface area contributed by atoms with Crippen LogP contribution in [0.4, 0.5) is 0 Å². The first-order chi connectivity index (χ1) is 7.79. The SMILES string of the molecule is Cc1cnc(CN)c(Cc2ccccc2)c1. The fourth-order valence-electron chi connectivity index (χ4n) is 1.81. The minimum Gasteiger partial charge on any atom is -0.325 e. The molecule has 0 aliphatic heterocycles. The van der Waals surface area contributed by atoms with Crippen LogP contribution in [-0.4, -0.2) is 4.98 Å². The molecular weight excluding hydrogens is 196 g/mol. The van der Waals surface area contributed by atoms with Crippen molar-refractivity contribution in [2.45, 2.75) is 19.9 Å². The van der Waals surface area contributed by atoms with E-state index in [1.165, 1.54) is 16.7 Å². The Balaban J connectivity index is 2.30. The maximum Gasteiger partial charge on any atom is 0.0574 e. The van der Waals surface area contributed by atoms with Crippen LogP contribution in [0, 0.1) is 6.92 Å². The maximum atomic E-state index is 5.69. The van der Waals surface area contributed by atoms with Crippen molar-refractivity contribution in [3.05, 3.63) is 65.0 Å². The van der Waals surface area contributed by atoms with E-state index in [4.69, 9.17) is 5.73 Å². The van der Waals surface area contributed by atoms with Crippen LogP contribution in [0.15, 0.2) is 42.6 Å². The van der Waals surface area contributed by atoms with Gasteiger partial charge in [-0.3, -0.25) is 4.98 Å². The summed E-state index contributed by atoms with van der Waals surface area (Å²) in [7, 11) is 0. The lowest BCUT2D eigenvalue weighted by Crippen LogP contribution is -2.05. The number of aryl methyl sites for hydroxylation is 1. The van der Waals surface area contributed by atoms with Gasteiger partial charge < -0.3 is 5.73 Å². The molecule has 82 valence electrons. The second kappa shape index (κ2) is 4.90. The molecule has 0 aliphatic rings. The van der Waals surface area contributed by atoms with Crippen molar-refractivity contribution in [2.24, 2.45) is 5.73 Å². The second-order valence-corrected chi connectivity index (χ2v) is 3.98. The summed E-state index contributed by atoms with van der Waals surface area (Å²) >= 11 is 0. The predicted octanol–water partition coefficient (Wildman–Crippen LogP) is 2.44. The molecule has 0 radical (unpaired) electrons. The van der Waals surface area contributed by atoms with Crippen LogP contribution in [0.1, 0.15) is 22.4 Å². The fraction of sp³-hybridized carbons (Fsp3) is 0.214. The summed E-state index contributed by atoms with van der Waals surface area (Å²) in [4.78, 5) is 4.37. The number of benzene rings is 1. The molecule has 0 fully saturated rings. The Morgan fingerprint density at radius 2 is 1.94 bits per heavy atom. The van der Waals surface area contributed by atoms with E-state index in [0.29, 0.717) is 6.54 Å². The second-order valence-electron chi connectivity index (χ2n) is 3.98. The smallest absolute Gasteiger partial charge is 0.0574 e. The highest BCUT2D eigenvalue weighted by Gasteiger charge is 2.03. The molecule has 0 bridgehead atoms. The lowest BCUT2D eigenvalue weighted by atomic mass is 10.0. The van der Waals surface area contributed by atoms with Crippen molar-refractivity contribution in [3.8, 4) is 0 Å². The summed E-state index contributed by atoms with van der Waals surface area (Å²) in [6, 6.07) is 12.6. The summed E-state index contributed by atoms with van der Waals surface area (Å²) in [5.41, 5.74) is 10.4. The van der Waals surface area contributed by atoms with Crippen molar-refractivity contribution in [3.63, 3.8) is 0 Å². The third-order valence-corrected chi connectivity index (χ3v) is 2.63. The van der Waals surface area contributed by atoms with Crippen molar-refractivity contribution in [2.75, 3.05) is 0 Å². The minimum absolute atomic E-state index is 0.502. The van der Waals surface area contributed by atoms with Gasteiger partial charge in [-0.1, -0.05) is 36.4 Å². The quantitative estimate of drug-likeness (QED) is 0.848. The Labute approximate surface area is 96.1 Å². The molecule has 16 heavy (non-hydrogen) atoms. The molecule has 0 amide bonds. The Bertz CT molecular complexity index is 463. The van der Waals surface area contributed by atoms with Gasteiger partial charge in [0.05, 0.1) is 5.69 Å². The van der Waals surface area contributed by atoms with E-state index >= 15 is 0 Å². The summed E-state index contributed by atoms with van der Waals surface area (Å²) in [6.45, 7) is 2.56. The van der Waals surface area contributed by atoms with E-state index in [2.05, 4.69) is 42.2 Å². The summed E-state index contributed by atoms with van der Waals surface area (Å²) in [5, 5.41) is 0. The minimum atomic E-state index is 0.502. The van der Waals surface area contributed by atoms with Gasteiger partial charge in [-0.05, 0) is 30.0 Å². The van der Waals surface area contributed by atoms with Crippen LogP contribution in [0.3, 0.4) is 0 Å². The Morgan fingerprint density at radius 3 is 2.62 bits per heavy atom. The van der Waals surface area contributed by atoms with Gasteiger partial charge in [0.25, 0.3) is 0 Å². The molecule has 0 spiro atoms. The molecule has 0 aliphatic carbocycles. The molecule has 2 heteroatoms. The number of nitrogens with two attached hydrogens (primary N) is 1. The Morgan fingerprint density at radius 1 is 1.19 bits per heavy atom. The third kappa shape index (κ3) is 2.47. The number of rotatable bonds is 3. The third-order valence-electron chi connectivity index (χ3n) is 2.63. The van der Waals surface area contributed by atoms with Gasteiger partial charge in [0.2, 0.25) is 0 Å². The van der Waals surface area contributed by atoms with Crippen LogP contribution in [0.25, 0.3) is 0 Å². The highest BCUT2D eigenvalue weighted by molar-refractivity contribution is 5.31. The fourth-order valence-corrected chi connectivity index (χ4v) is 1.81. The highest BCUT2D eigenvalue weighted by Crippen LogP contribution is 2.13. The van der Waals surface area contributed by atoms with Crippen molar-refractivity contribution < 1.29 is 0 Å². The van der Waals surface area contributed by atoms with Crippen LogP contribution < -0.4 is 5.73 Å². The zero-order valence-corrected chi connectivity index (χ0v) is 9.48. The predicted molar refractivity (Wildman–Crippen MR) is 66.1 cm³/mol. The van der Waals surface area contributed by atoms with Crippen LogP contribution in [0.2, 0.25) is 0 Å². The van der Waals surface area contributed by atoms with Crippen molar-refractivity contribution in [1.29, 1.82) is 0 Å². The topological polar surface area (TPSA) is 38.9 Å². The monoisotopic (exact) mass is 212 g/mol. The zero-order valence-electron chi connectivity index (χ0n) is 9.48. The van der Waals surface area contributed by atoms with E-state index in [1.54, 1.807) is 0 Å². The van der Waals surface area contributed by atoms with Crippen LogP contribution in [-0.2, 0) is 13.0 Å². The summed E-state index contributed by atoms with van der Waals surface area (Å²) in [6.07, 6.45) is 2.78. The van der Waals surface area contributed by atoms with Gasteiger partial charge in [0.15, 0.2) is 0 Å².